The van der Waals surface area contributed by atoms with Crippen molar-refractivity contribution in [3.05, 3.63) is 0 Å². The fraction of sp³-hybridized carbons (Fsp3) is 1.00. The average molecular weight is 348 g/mol. The molecule has 0 heterocycles. The van der Waals surface area contributed by atoms with Crippen LogP contribution in [0.3, 0.4) is 0 Å². The van der Waals surface area contributed by atoms with Gasteiger partial charge in [-0.15, -0.1) is 12.4 Å². The summed E-state index contributed by atoms with van der Waals surface area (Å²) in [7, 11) is -0.506. The lowest BCUT2D eigenvalue weighted by Gasteiger charge is -2.29. The van der Waals surface area contributed by atoms with Crippen molar-refractivity contribution in [3.63, 3.8) is 0 Å². The van der Waals surface area contributed by atoms with Gasteiger partial charge in [0.15, 0.2) is 0 Å². The highest BCUT2D eigenvalue weighted by molar-refractivity contribution is 7.87. The Morgan fingerprint density at radius 2 is 1.52 bits per heavy atom. The third-order valence-electron chi connectivity index (χ3n) is 3.44. The van der Waals surface area contributed by atoms with Gasteiger partial charge in [-0.05, 0) is 12.8 Å². The van der Waals surface area contributed by atoms with Crippen LogP contribution >= 0.6 is 12.4 Å². The van der Waals surface area contributed by atoms with E-state index in [9.17, 15) is 8.42 Å². The topological polar surface area (TPSA) is 93.9 Å². The summed E-state index contributed by atoms with van der Waals surface area (Å²) in [5.41, 5.74) is 5.60. The molecule has 130 valence electrons. The van der Waals surface area contributed by atoms with E-state index in [2.05, 4.69) is 4.72 Å². The van der Waals surface area contributed by atoms with Crippen molar-refractivity contribution in [2.24, 2.45) is 5.73 Å². The predicted molar refractivity (Wildman–Crippen MR) is 87.0 cm³/mol. The van der Waals surface area contributed by atoms with Crippen molar-refractivity contribution in [2.75, 3.05) is 47.1 Å². The fourth-order valence-corrected chi connectivity index (χ4v) is 2.85. The van der Waals surface area contributed by atoms with Crippen LogP contribution < -0.4 is 10.5 Å². The molecule has 0 fully saturated rings. The molecular weight excluding hydrogens is 318 g/mol. The van der Waals surface area contributed by atoms with Gasteiger partial charge in [0.2, 0.25) is 0 Å². The van der Waals surface area contributed by atoms with Gasteiger partial charge in [0, 0.05) is 39.4 Å². The first-order valence-corrected chi connectivity index (χ1v) is 8.30. The Kier molecular flexibility index (Phi) is 12.9. The standard InChI is InChI=1S/C12H29N3O4S.ClH/c1-5-12(13,6-2)11-14-20(16,17)15(7-9-18-3)8-10-19-4;/h14H,5-11,13H2,1-4H3;1H. The highest BCUT2D eigenvalue weighted by Crippen LogP contribution is 2.10. The smallest absolute Gasteiger partial charge is 0.279 e. The molecule has 0 aliphatic heterocycles. The Balaban J connectivity index is 0. The maximum absolute atomic E-state index is 12.3. The first kappa shape index (κ1) is 23.3. The first-order valence-electron chi connectivity index (χ1n) is 6.86. The molecular formula is C12H30ClN3O4S. The number of halogens is 1. The lowest BCUT2D eigenvalue weighted by molar-refractivity contribution is 0.149. The Labute approximate surface area is 135 Å². The Morgan fingerprint density at radius 1 is 1.10 bits per heavy atom. The molecule has 0 spiro atoms. The monoisotopic (exact) mass is 347 g/mol. The highest BCUT2D eigenvalue weighted by Gasteiger charge is 2.26. The van der Waals surface area contributed by atoms with Crippen molar-refractivity contribution >= 4 is 22.6 Å². The third-order valence-corrected chi connectivity index (χ3v) is 5.00. The Hall–Kier alpha value is 0.0400. The second kappa shape index (κ2) is 11.6. The van der Waals surface area contributed by atoms with E-state index in [0.717, 1.165) is 0 Å². The van der Waals surface area contributed by atoms with Gasteiger partial charge in [0.05, 0.1) is 13.2 Å². The summed E-state index contributed by atoms with van der Waals surface area (Å²) < 4.78 is 38.3. The summed E-state index contributed by atoms with van der Waals surface area (Å²) in [6, 6.07) is 0. The minimum absolute atomic E-state index is 0. The molecule has 0 bridgehead atoms. The molecule has 0 amide bonds. The minimum Gasteiger partial charge on any atom is -0.383 e. The molecule has 0 atom stereocenters. The van der Waals surface area contributed by atoms with Gasteiger partial charge in [-0.1, -0.05) is 13.8 Å². The molecule has 3 N–H and O–H groups in total. The molecule has 0 aliphatic carbocycles. The molecule has 0 unspecified atom stereocenters. The van der Waals surface area contributed by atoms with E-state index in [-0.39, 0.29) is 32.0 Å². The van der Waals surface area contributed by atoms with Crippen LogP contribution in [0.5, 0.6) is 0 Å². The average Bonchev–Trinajstić information content (AvgIpc) is 2.44. The van der Waals surface area contributed by atoms with E-state index in [1.54, 1.807) is 0 Å². The van der Waals surface area contributed by atoms with E-state index < -0.39 is 15.7 Å². The number of methoxy groups -OCH3 is 2. The number of hydrogen-bond acceptors (Lipinski definition) is 5. The quantitative estimate of drug-likeness (QED) is 0.531. The molecule has 0 aliphatic rings. The number of nitrogens with zero attached hydrogens (tertiary/aromatic N) is 1. The van der Waals surface area contributed by atoms with Crippen molar-refractivity contribution in [1.29, 1.82) is 0 Å². The minimum atomic E-state index is -3.58. The summed E-state index contributed by atoms with van der Waals surface area (Å²) in [6.07, 6.45) is 1.42. The van der Waals surface area contributed by atoms with Gasteiger partial charge < -0.3 is 15.2 Å². The molecule has 7 nitrogen and oxygen atoms in total. The first-order chi connectivity index (χ1) is 9.35. The van der Waals surface area contributed by atoms with Crippen LogP contribution in [0.1, 0.15) is 26.7 Å². The van der Waals surface area contributed by atoms with E-state index in [4.69, 9.17) is 15.2 Å². The molecule has 9 heteroatoms. The molecule has 0 saturated carbocycles. The van der Waals surface area contributed by atoms with Gasteiger partial charge in [0.25, 0.3) is 10.2 Å². The van der Waals surface area contributed by atoms with Gasteiger partial charge in [0.1, 0.15) is 0 Å². The summed E-state index contributed by atoms with van der Waals surface area (Å²) in [6.45, 7) is 5.35. The SMILES string of the molecule is CCC(N)(CC)CNS(=O)(=O)N(CCOC)CCOC.Cl. The van der Waals surface area contributed by atoms with E-state index >= 15 is 0 Å². The Bertz CT molecular complexity index is 342. The lowest BCUT2D eigenvalue weighted by atomic mass is 9.95. The molecule has 0 aromatic carbocycles. The lowest BCUT2D eigenvalue weighted by Crippen LogP contribution is -2.53. The van der Waals surface area contributed by atoms with Crippen LogP contribution in [0.2, 0.25) is 0 Å². The van der Waals surface area contributed by atoms with Crippen LogP contribution in [0.4, 0.5) is 0 Å². The van der Waals surface area contributed by atoms with Gasteiger partial charge in [-0.25, -0.2) is 4.72 Å². The van der Waals surface area contributed by atoms with E-state index in [1.165, 1.54) is 18.5 Å². The number of nitrogens with one attached hydrogen (secondary N) is 1. The second-order valence-electron chi connectivity index (χ2n) is 4.78. The third kappa shape index (κ3) is 8.92. The second-order valence-corrected chi connectivity index (χ2v) is 6.54. The molecule has 0 aromatic heterocycles. The largest absolute Gasteiger partial charge is 0.383 e. The zero-order valence-electron chi connectivity index (χ0n) is 13.4. The van der Waals surface area contributed by atoms with Crippen LogP contribution in [0, 0.1) is 0 Å². The van der Waals surface area contributed by atoms with Crippen LogP contribution in [-0.4, -0.2) is 65.3 Å². The number of hydrogen-bond donors (Lipinski definition) is 2. The van der Waals surface area contributed by atoms with Crippen molar-refractivity contribution in [3.8, 4) is 0 Å². The van der Waals surface area contributed by atoms with Gasteiger partial charge in [-0.3, -0.25) is 0 Å². The normalized spacial score (nSPS) is 12.5. The van der Waals surface area contributed by atoms with Gasteiger partial charge in [-0.2, -0.15) is 12.7 Å². The van der Waals surface area contributed by atoms with E-state index in [0.29, 0.717) is 26.1 Å². The summed E-state index contributed by atoms with van der Waals surface area (Å²) >= 11 is 0. The number of ether oxygens (including phenoxy) is 2. The van der Waals surface area contributed by atoms with Crippen molar-refractivity contribution in [2.45, 2.75) is 32.2 Å². The van der Waals surface area contributed by atoms with Crippen molar-refractivity contribution < 1.29 is 17.9 Å². The Morgan fingerprint density at radius 3 is 1.86 bits per heavy atom. The molecule has 0 saturated heterocycles. The molecule has 0 aromatic rings. The number of nitrogens with two attached hydrogens (primary N) is 1. The van der Waals surface area contributed by atoms with Gasteiger partial charge >= 0.3 is 0 Å². The molecule has 21 heavy (non-hydrogen) atoms. The maximum Gasteiger partial charge on any atom is 0.279 e. The maximum atomic E-state index is 12.3. The summed E-state index contributed by atoms with van der Waals surface area (Å²) in [4.78, 5) is 0. The zero-order valence-corrected chi connectivity index (χ0v) is 15.1. The van der Waals surface area contributed by atoms with E-state index in [1.807, 2.05) is 13.8 Å². The zero-order chi connectivity index (χ0) is 15.6. The highest BCUT2D eigenvalue weighted by atomic mass is 35.5. The number of rotatable bonds is 12. The van der Waals surface area contributed by atoms with Crippen molar-refractivity contribution in [1.82, 2.24) is 9.03 Å². The van der Waals surface area contributed by atoms with Crippen LogP contribution in [0.25, 0.3) is 0 Å². The van der Waals surface area contributed by atoms with Crippen LogP contribution in [-0.2, 0) is 19.7 Å². The summed E-state index contributed by atoms with van der Waals surface area (Å²) in [5, 5.41) is 0. The van der Waals surface area contributed by atoms with Crippen LogP contribution in [0.15, 0.2) is 0 Å². The fourth-order valence-electron chi connectivity index (χ4n) is 1.56. The summed E-state index contributed by atoms with van der Waals surface area (Å²) in [5.74, 6) is 0. The molecule has 0 rings (SSSR count). The predicted octanol–water partition coefficient (Wildman–Crippen LogP) is 0.355. The molecule has 0 radical (unpaired) electrons.